The molecule has 0 saturated carbocycles. The SMILES string of the molecule is Cc1ccc2nc(C(C#N)=Cc3cc(C)n(-c4ccc(C(N)=O)cc4)c3C)[nH]c2c1. The lowest BCUT2D eigenvalue weighted by atomic mass is 10.1. The number of nitriles is 1. The second-order valence-corrected chi connectivity index (χ2v) is 7.35. The summed E-state index contributed by atoms with van der Waals surface area (Å²) in [4.78, 5) is 19.1. The number of benzene rings is 2. The topological polar surface area (TPSA) is 100 Å². The summed E-state index contributed by atoms with van der Waals surface area (Å²) in [6, 6.07) is 17.4. The van der Waals surface area contributed by atoms with Gasteiger partial charge in [-0.3, -0.25) is 4.79 Å². The van der Waals surface area contributed by atoms with E-state index in [4.69, 9.17) is 5.73 Å². The van der Waals surface area contributed by atoms with E-state index in [1.807, 2.05) is 63.2 Å². The van der Waals surface area contributed by atoms with Crippen molar-refractivity contribution in [3.63, 3.8) is 0 Å². The molecule has 0 unspecified atom stereocenters. The van der Waals surface area contributed by atoms with Gasteiger partial charge in [0.05, 0.1) is 16.6 Å². The highest BCUT2D eigenvalue weighted by atomic mass is 16.1. The number of nitrogens with one attached hydrogen (secondary N) is 1. The molecule has 3 N–H and O–H groups in total. The van der Waals surface area contributed by atoms with Gasteiger partial charge in [0.15, 0.2) is 0 Å². The molecular weight excluding hydrogens is 374 g/mol. The molecule has 2 aromatic heterocycles. The van der Waals surface area contributed by atoms with Crippen LogP contribution in [-0.2, 0) is 0 Å². The quantitative estimate of drug-likeness (QED) is 0.499. The minimum Gasteiger partial charge on any atom is -0.366 e. The average Bonchev–Trinajstić information content (AvgIpc) is 3.26. The largest absolute Gasteiger partial charge is 0.366 e. The van der Waals surface area contributed by atoms with Gasteiger partial charge in [0.1, 0.15) is 11.9 Å². The fourth-order valence-electron chi connectivity index (χ4n) is 3.67. The minimum atomic E-state index is -0.453. The van der Waals surface area contributed by atoms with Gasteiger partial charge < -0.3 is 15.3 Å². The van der Waals surface area contributed by atoms with Crippen LogP contribution in [0.5, 0.6) is 0 Å². The number of aromatic nitrogens is 3. The molecule has 2 heterocycles. The average molecular weight is 395 g/mol. The van der Waals surface area contributed by atoms with E-state index in [1.165, 1.54) is 0 Å². The van der Waals surface area contributed by atoms with E-state index < -0.39 is 5.91 Å². The standard InChI is InChI=1S/C24H21N5O/c1-14-4-9-21-22(10-14)28-24(27-21)19(13-25)12-18-11-15(2)29(16(18)3)20-7-5-17(6-8-20)23(26)30/h4-12H,1-3H3,(H2,26,30)(H,27,28). The zero-order chi connectivity index (χ0) is 21.4. The first-order chi connectivity index (χ1) is 14.4. The molecule has 4 rings (SSSR count). The number of hydrogen-bond donors (Lipinski definition) is 2. The molecule has 0 bridgehead atoms. The van der Waals surface area contributed by atoms with E-state index in [2.05, 4.69) is 20.6 Å². The zero-order valence-electron chi connectivity index (χ0n) is 17.0. The van der Waals surface area contributed by atoms with E-state index in [-0.39, 0.29) is 0 Å². The third-order valence-corrected chi connectivity index (χ3v) is 5.19. The number of nitrogens with zero attached hydrogens (tertiary/aromatic N) is 3. The van der Waals surface area contributed by atoms with Gasteiger partial charge in [-0.15, -0.1) is 0 Å². The number of H-pyrrole nitrogens is 1. The molecule has 148 valence electrons. The molecule has 6 nitrogen and oxygen atoms in total. The first-order valence-electron chi connectivity index (χ1n) is 9.55. The molecular formula is C24H21N5O. The van der Waals surface area contributed by atoms with Crippen molar-refractivity contribution >= 4 is 28.6 Å². The van der Waals surface area contributed by atoms with Crippen molar-refractivity contribution in [1.29, 1.82) is 5.26 Å². The van der Waals surface area contributed by atoms with Gasteiger partial charge in [0.25, 0.3) is 0 Å². The number of imidazole rings is 1. The summed E-state index contributed by atoms with van der Waals surface area (Å²) in [5.41, 5.74) is 13.0. The predicted molar refractivity (Wildman–Crippen MR) is 118 cm³/mol. The molecule has 0 aliphatic heterocycles. The molecule has 1 amide bonds. The highest BCUT2D eigenvalue weighted by Crippen LogP contribution is 2.26. The van der Waals surface area contributed by atoms with Gasteiger partial charge in [0.2, 0.25) is 5.91 Å². The molecule has 30 heavy (non-hydrogen) atoms. The van der Waals surface area contributed by atoms with Gasteiger partial charge >= 0.3 is 0 Å². The predicted octanol–water partition coefficient (Wildman–Crippen LogP) is 4.44. The summed E-state index contributed by atoms with van der Waals surface area (Å²) in [5.74, 6) is 0.0968. The van der Waals surface area contributed by atoms with Gasteiger partial charge in [0, 0.05) is 22.6 Å². The van der Waals surface area contributed by atoms with Crippen LogP contribution < -0.4 is 5.73 Å². The van der Waals surface area contributed by atoms with Crippen molar-refractivity contribution in [2.45, 2.75) is 20.8 Å². The first kappa shape index (κ1) is 19.2. The van der Waals surface area contributed by atoms with Gasteiger partial charge in [-0.1, -0.05) is 6.07 Å². The van der Waals surface area contributed by atoms with E-state index >= 15 is 0 Å². The Kier molecular flexibility index (Phi) is 4.72. The summed E-state index contributed by atoms with van der Waals surface area (Å²) in [7, 11) is 0. The van der Waals surface area contributed by atoms with Crippen molar-refractivity contribution in [3.05, 3.63) is 82.4 Å². The van der Waals surface area contributed by atoms with E-state index in [9.17, 15) is 10.1 Å². The number of fused-ring (bicyclic) bond motifs is 1. The summed E-state index contributed by atoms with van der Waals surface area (Å²) >= 11 is 0. The number of rotatable bonds is 4. The lowest BCUT2D eigenvalue weighted by Gasteiger charge is -2.10. The van der Waals surface area contributed by atoms with Gasteiger partial charge in [-0.05, 0) is 80.4 Å². The van der Waals surface area contributed by atoms with Crippen LogP contribution in [0, 0.1) is 32.1 Å². The molecule has 0 aliphatic rings. The summed E-state index contributed by atoms with van der Waals surface area (Å²) in [6.45, 7) is 6.02. The fraction of sp³-hybridized carbons (Fsp3) is 0.125. The Morgan fingerprint density at radius 3 is 2.53 bits per heavy atom. The van der Waals surface area contributed by atoms with Crippen LogP contribution in [0.15, 0.2) is 48.5 Å². The van der Waals surface area contributed by atoms with Crippen molar-refractivity contribution in [2.24, 2.45) is 5.73 Å². The maximum absolute atomic E-state index is 11.3. The highest BCUT2D eigenvalue weighted by Gasteiger charge is 2.13. The summed E-state index contributed by atoms with van der Waals surface area (Å²) in [6.07, 6.45) is 1.85. The number of carbonyl (C=O) groups is 1. The van der Waals surface area contributed by atoms with Gasteiger partial charge in [-0.25, -0.2) is 4.98 Å². The first-order valence-corrected chi connectivity index (χ1v) is 9.55. The maximum Gasteiger partial charge on any atom is 0.248 e. The number of hydrogen-bond acceptors (Lipinski definition) is 3. The van der Waals surface area contributed by atoms with Crippen molar-refractivity contribution in [3.8, 4) is 11.8 Å². The van der Waals surface area contributed by atoms with Crippen LogP contribution in [0.2, 0.25) is 0 Å². The number of carbonyl (C=O) groups excluding carboxylic acids is 1. The number of allylic oxidation sites excluding steroid dienone is 1. The van der Waals surface area contributed by atoms with E-state index in [1.54, 1.807) is 12.1 Å². The monoisotopic (exact) mass is 395 g/mol. The molecule has 0 fully saturated rings. The maximum atomic E-state index is 11.3. The number of aromatic amines is 1. The number of nitrogens with two attached hydrogens (primary N) is 1. The molecule has 0 saturated heterocycles. The lowest BCUT2D eigenvalue weighted by Crippen LogP contribution is -2.10. The van der Waals surface area contributed by atoms with E-state index in [0.717, 1.165) is 39.2 Å². The number of aryl methyl sites for hydroxylation is 2. The second kappa shape index (κ2) is 7.37. The molecule has 0 aliphatic carbocycles. The van der Waals surface area contributed by atoms with Crippen LogP contribution in [0.1, 0.15) is 38.7 Å². The Morgan fingerprint density at radius 2 is 1.87 bits per heavy atom. The van der Waals surface area contributed by atoms with Crippen LogP contribution in [0.25, 0.3) is 28.4 Å². The van der Waals surface area contributed by atoms with Crippen molar-refractivity contribution < 1.29 is 4.79 Å². The Balaban J connectivity index is 1.76. The molecule has 4 aromatic rings. The molecule has 6 heteroatoms. The fourth-order valence-corrected chi connectivity index (χ4v) is 3.67. The minimum absolute atomic E-state index is 0.453. The van der Waals surface area contributed by atoms with Crippen molar-refractivity contribution in [2.75, 3.05) is 0 Å². The molecule has 0 atom stereocenters. The lowest BCUT2D eigenvalue weighted by molar-refractivity contribution is 0.100. The van der Waals surface area contributed by atoms with Crippen molar-refractivity contribution in [1.82, 2.24) is 14.5 Å². The Morgan fingerprint density at radius 1 is 1.13 bits per heavy atom. The Labute approximate surface area is 174 Å². The highest BCUT2D eigenvalue weighted by molar-refractivity contribution is 5.93. The van der Waals surface area contributed by atoms with Crippen LogP contribution >= 0.6 is 0 Å². The molecule has 0 spiro atoms. The van der Waals surface area contributed by atoms with Crippen LogP contribution in [-0.4, -0.2) is 20.4 Å². The van der Waals surface area contributed by atoms with Crippen LogP contribution in [0.4, 0.5) is 0 Å². The third-order valence-electron chi connectivity index (χ3n) is 5.19. The normalized spacial score (nSPS) is 11.6. The molecule has 0 radical (unpaired) electrons. The Hall–Kier alpha value is -4.11. The van der Waals surface area contributed by atoms with Crippen LogP contribution in [0.3, 0.4) is 0 Å². The smallest absolute Gasteiger partial charge is 0.248 e. The summed E-state index contributed by atoms with van der Waals surface area (Å²) < 4.78 is 2.08. The van der Waals surface area contributed by atoms with E-state index in [0.29, 0.717) is 17.0 Å². The number of primary amides is 1. The van der Waals surface area contributed by atoms with Gasteiger partial charge in [-0.2, -0.15) is 5.26 Å². The Bertz CT molecular complexity index is 1350. The third kappa shape index (κ3) is 3.38. The molecule has 2 aromatic carbocycles. The second-order valence-electron chi connectivity index (χ2n) is 7.35. The summed E-state index contributed by atoms with van der Waals surface area (Å²) in [5, 5.41) is 9.76. The zero-order valence-corrected chi connectivity index (χ0v) is 17.0. The number of amides is 1.